The van der Waals surface area contributed by atoms with Gasteiger partial charge in [0.1, 0.15) is 5.75 Å². The molecule has 0 saturated carbocycles. The van der Waals surface area contributed by atoms with Crippen LogP contribution in [-0.4, -0.2) is 24.7 Å². The number of anilines is 1. The molecule has 0 aliphatic heterocycles. The van der Waals surface area contributed by atoms with Crippen LogP contribution in [0.4, 0.5) is 5.13 Å². The van der Waals surface area contributed by atoms with Crippen molar-refractivity contribution in [3.63, 3.8) is 0 Å². The molecule has 0 amide bonds. The molecular formula is C15H18N2O3S. The van der Waals surface area contributed by atoms with Gasteiger partial charge in [-0.25, -0.2) is 9.78 Å². The largest absolute Gasteiger partial charge is 0.497 e. The Balaban J connectivity index is 2.01. The zero-order chi connectivity index (χ0) is 15.2. The molecule has 0 aliphatic carbocycles. The van der Waals surface area contributed by atoms with Crippen LogP contribution in [0, 0.1) is 0 Å². The van der Waals surface area contributed by atoms with E-state index in [-0.39, 0.29) is 12.0 Å². The molecular weight excluding hydrogens is 288 g/mol. The minimum atomic E-state index is -0.390. The van der Waals surface area contributed by atoms with Gasteiger partial charge in [0, 0.05) is 5.38 Å². The van der Waals surface area contributed by atoms with E-state index in [1.165, 1.54) is 11.3 Å². The Morgan fingerprint density at radius 1 is 1.38 bits per heavy atom. The standard InChI is InChI=1S/C15H18N2O3S/c1-4-20-14(18)13-9-21-15(17-13)16-10(2)11-5-7-12(19-3)8-6-11/h5-10H,4H2,1-3H3,(H,16,17). The Bertz CT molecular complexity index is 595. The predicted molar refractivity (Wildman–Crippen MR) is 83.1 cm³/mol. The average Bonchev–Trinajstić information content (AvgIpc) is 2.96. The fourth-order valence-corrected chi connectivity index (χ4v) is 2.57. The predicted octanol–water partition coefficient (Wildman–Crippen LogP) is 3.50. The molecule has 1 atom stereocenters. The monoisotopic (exact) mass is 306 g/mol. The van der Waals surface area contributed by atoms with E-state index >= 15 is 0 Å². The summed E-state index contributed by atoms with van der Waals surface area (Å²) in [4.78, 5) is 15.8. The first-order valence-corrected chi connectivity index (χ1v) is 7.55. The fourth-order valence-electron chi connectivity index (χ4n) is 1.80. The maximum absolute atomic E-state index is 11.6. The van der Waals surface area contributed by atoms with Crippen molar-refractivity contribution in [3.8, 4) is 5.75 Å². The van der Waals surface area contributed by atoms with Crippen LogP contribution in [0.25, 0.3) is 0 Å². The summed E-state index contributed by atoms with van der Waals surface area (Å²) in [6, 6.07) is 7.91. The van der Waals surface area contributed by atoms with Gasteiger partial charge in [-0.3, -0.25) is 0 Å². The number of esters is 1. The van der Waals surface area contributed by atoms with Crippen LogP contribution in [0.3, 0.4) is 0 Å². The first kappa shape index (κ1) is 15.3. The number of ether oxygens (including phenoxy) is 2. The molecule has 1 unspecified atom stereocenters. The zero-order valence-corrected chi connectivity index (χ0v) is 13.1. The van der Waals surface area contributed by atoms with E-state index in [2.05, 4.69) is 10.3 Å². The van der Waals surface area contributed by atoms with E-state index in [4.69, 9.17) is 9.47 Å². The number of nitrogens with one attached hydrogen (secondary N) is 1. The highest BCUT2D eigenvalue weighted by atomic mass is 32.1. The minimum Gasteiger partial charge on any atom is -0.497 e. The van der Waals surface area contributed by atoms with Crippen LogP contribution in [0.15, 0.2) is 29.6 Å². The highest BCUT2D eigenvalue weighted by Gasteiger charge is 2.13. The molecule has 112 valence electrons. The summed E-state index contributed by atoms with van der Waals surface area (Å²) in [5.74, 6) is 0.434. The molecule has 0 fully saturated rings. The lowest BCUT2D eigenvalue weighted by molar-refractivity contribution is 0.0520. The van der Waals surface area contributed by atoms with E-state index in [0.29, 0.717) is 17.4 Å². The third-order valence-electron chi connectivity index (χ3n) is 2.94. The molecule has 1 aromatic carbocycles. The number of carbonyl (C=O) groups excluding carboxylic acids is 1. The zero-order valence-electron chi connectivity index (χ0n) is 12.3. The lowest BCUT2D eigenvalue weighted by Gasteiger charge is -2.13. The summed E-state index contributed by atoms with van der Waals surface area (Å²) in [5, 5.41) is 5.66. The van der Waals surface area contributed by atoms with Crippen molar-refractivity contribution in [2.24, 2.45) is 0 Å². The minimum absolute atomic E-state index is 0.0806. The van der Waals surface area contributed by atoms with Crippen LogP contribution >= 0.6 is 11.3 Å². The SMILES string of the molecule is CCOC(=O)c1csc(NC(C)c2ccc(OC)cc2)n1. The van der Waals surface area contributed by atoms with Crippen molar-refractivity contribution in [2.45, 2.75) is 19.9 Å². The fraction of sp³-hybridized carbons (Fsp3) is 0.333. The molecule has 21 heavy (non-hydrogen) atoms. The van der Waals surface area contributed by atoms with E-state index in [1.807, 2.05) is 31.2 Å². The van der Waals surface area contributed by atoms with Crippen LogP contribution in [0.1, 0.15) is 35.9 Å². The van der Waals surface area contributed by atoms with Crippen LogP contribution in [0.2, 0.25) is 0 Å². The Labute approximate surface area is 127 Å². The van der Waals surface area contributed by atoms with Crippen molar-refractivity contribution < 1.29 is 14.3 Å². The van der Waals surface area contributed by atoms with Crippen molar-refractivity contribution >= 4 is 22.4 Å². The smallest absolute Gasteiger partial charge is 0.357 e. The lowest BCUT2D eigenvalue weighted by Crippen LogP contribution is -2.08. The highest BCUT2D eigenvalue weighted by molar-refractivity contribution is 7.13. The maximum Gasteiger partial charge on any atom is 0.357 e. The molecule has 0 bridgehead atoms. The molecule has 1 aromatic heterocycles. The number of carbonyl (C=O) groups is 1. The van der Waals surface area contributed by atoms with Gasteiger partial charge in [0.15, 0.2) is 10.8 Å². The Kier molecular flexibility index (Phi) is 5.16. The normalized spacial score (nSPS) is 11.8. The first-order valence-electron chi connectivity index (χ1n) is 6.67. The van der Waals surface area contributed by atoms with Gasteiger partial charge in [0.2, 0.25) is 0 Å². The van der Waals surface area contributed by atoms with Crippen LogP contribution in [-0.2, 0) is 4.74 Å². The summed E-state index contributed by atoms with van der Waals surface area (Å²) in [5.41, 5.74) is 1.45. The third-order valence-corrected chi connectivity index (χ3v) is 3.72. The van der Waals surface area contributed by atoms with Gasteiger partial charge in [-0.05, 0) is 31.5 Å². The number of aromatic nitrogens is 1. The molecule has 0 aliphatic rings. The highest BCUT2D eigenvalue weighted by Crippen LogP contribution is 2.24. The number of nitrogens with zero attached hydrogens (tertiary/aromatic N) is 1. The second-order valence-electron chi connectivity index (χ2n) is 4.40. The Morgan fingerprint density at radius 2 is 2.10 bits per heavy atom. The van der Waals surface area contributed by atoms with Crippen LogP contribution in [0.5, 0.6) is 5.75 Å². The Morgan fingerprint density at radius 3 is 2.71 bits per heavy atom. The topological polar surface area (TPSA) is 60.5 Å². The second-order valence-corrected chi connectivity index (χ2v) is 5.26. The molecule has 5 nitrogen and oxygen atoms in total. The molecule has 2 aromatic rings. The third kappa shape index (κ3) is 3.95. The number of methoxy groups -OCH3 is 1. The van der Waals surface area contributed by atoms with Gasteiger partial charge in [-0.1, -0.05) is 12.1 Å². The van der Waals surface area contributed by atoms with E-state index < -0.39 is 0 Å². The van der Waals surface area contributed by atoms with Gasteiger partial charge < -0.3 is 14.8 Å². The molecule has 0 spiro atoms. The van der Waals surface area contributed by atoms with Crippen molar-refractivity contribution in [1.82, 2.24) is 4.98 Å². The van der Waals surface area contributed by atoms with Gasteiger partial charge >= 0.3 is 5.97 Å². The molecule has 1 N–H and O–H groups in total. The number of rotatable bonds is 6. The summed E-state index contributed by atoms with van der Waals surface area (Å²) in [6.07, 6.45) is 0. The van der Waals surface area contributed by atoms with Crippen molar-refractivity contribution in [1.29, 1.82) is 0 Å². The number of thiazole rings is 1. The molecule has 6 heteroatoms. The summed E-state index contributed by atoms with van der Waals surface area (Å²) >= 11 is 1.39. The van der Waals surface area contributed by atoms with Crippen molar-refractivity contribution in [2.75, 3.05) is 19.0 Å². The second kappa shape index (κ2) is 7.08. The number of hydrogen-bond donors (Lipinski definition) is 1. The quantitative estimate of drug-likeness (QED) is 0.828. The van der Waals surface area contributed by atoms with Crippen molar-refractivity contribution in [3.05, 3.63) is 40.9 Å². The summed E-state index contributed by atoms with van der Waals surface area (Å²) in [7, 11) is 1.64. The molecule has 2 rings (SSSR count). The van der Waals surface area contributed by atoms with Crippen LogP contribution < -0.4 is 10.1 Å². The van der Waals surface area contributed by atoms with E-state index in [0.717, 1.165) is 11.3 Å². The van der Waals surface area contributed by atoms with Gasteiger partial charge in [-0.2, -0.15) is 0 Å². The number of benzene rings is 1. The molecule has 0 radical (unpaired) electrons. The maximum atomic E-state index is 11.6. The van der Waals surface area contributed by atoms with E-state index in [9.17, 15) is 4.79 Å². The Hall–Kier alpha value is -2.08. The number of hydrogen-bond acceptors (Lipinski definition) is 6. The molecule has 1 heterocycles. The molecule has 0 saturated heterocycles. The van der Waals surface area contributed by atoms with E-state index in [1.54, 1.807) is 19.4 Å². The van der Waals surface area contributed by atoms with Gasteiger partial charge in [0.05, 0.1) is 19.8 Å². The van der Waals surface area contributed by atoms with Gasteiger partial charge in [0.25, 0.3) is 0 Å². The van der Waals surface area contributed by atoms with Gasteiger partial charge in [-0.15, -0.1) is 11.3 Å². The average molecular weight is 306 g/mol. The summed E-state index contributed by atoms with van der Waals surface area (Å²) < 4.78 is 10.1. The summed E-state index contributed by atoms with van der Waals surface area (Å²) in [6.45, 7) is 4.16. The lowest BCUT2D eigenvalue weighted by atomic mass is 10.1. The first-order chi connectivity index (χ1) is 10.1.